The molecule has 4 rings (SSSR count). The number of imidazole rings is 1. The molecular weight excluding hydrogens is 468 g/mol. The third-order valence-electron chi connectivity index (χ3n) is 5.02. The topological polar surface area (TPSA) is 132 Å². The molecule has 1 amide bonds. The Morgan fingerprint density at radius 2 is 1.94 bits per heavy atom. The molecule has 0 aliphatic rings. The van der Waals surface area contributed by atoms with Crippen molar-refractivity contribution in [3.63, 3.8) is 0 Å². The van der Waals surface area contributed by atoms with Gasteiger partial charge in [0.05, 0.1) is 6.33 Å². The Kier molecular flexibility index (Phi) is 6.65. The van der Waals surface area contributed by atoms with Gasteiger partial charge in [0.15, 0.2) is 11.2 Å². The summed E-state index contributed by atoms with van der Waals surface area (Å²) in [6.07, 6.45) is 2.18. The van der Waals surface area contributed by atoms with Crippen LogP contribution >= 0.6 is 23.4 Å². The number of H-pyrrole nitrogens is 1. The second-order valence-electron chi connectivity index (χ2n) is 7.35. The number of fused-ring (bicyclic) bond motifs is 1. The molecule has 0 bridgehead atoms. The van der Waals surface area contributed by atoms with Crippen molar-refractivity contribution < 1.29 is 4.79 Å². The number of aromatic amines is 1. The predicted molar refractivity (Wildman–Crippen MR) is 125 cm³/mol. The fourth-order valence-corrected chi connectivity index (χ4v) is 4.15. The molecule has 13 heteroatoms. The van der Waals surface area contributed by atoms with Crippen LogP contribution in [0.4, 0.5) is 5.95 Å². The minimum absolute atomic E-state index is 0.208. The average Bonchev–Trinajstić information content (AvgIpc) is 3.43. The van der Waals surface area contributed by atoms with Gasteiger partial charge in [-0.3, -0.25) is 24.0 Å². The lowest BCUT2D eigenvalue weighted by molar-refractivity contribution is -0.116. The molecule has 0 aliphatic carbocycles. The van der Waals surface area contributed by atoms with Gasteiger partial charge in [-0.05, 0) is 24.1 Å². The van der Waals surface area contributed by atoms with Gasteiger partial charge in [0.2, 0.25) is 17.0 Å². The molecule has 1 aromatic carbocycles. The summed E-state index contributed by atoms with van der Waals surface area (Å²) < 4.78 is 4.02. The van der Waals surface area contributed by atoms with Crippen molar-refractivity contribution >= 4 is 46.4 Å². The van der Waals surface area contributed by atoms with Gasteiger partial charge < -0.3 is 4.57 Å². The first-order valence-electron chi connectivity index (χ1n) is 10.0. The summed E-state index contributed by atoms with van der Waals surface area (Å²) in [5, 5.41) is 10.7. The van der Waals surface area contributed by atoms with Crippen molar-refractivity contribution in [2.75, 3.05) is 5.32 Å². The minimum Gasteiger partial charge on any atom is -0.325 e. The maximum absolute atomic E-state index is 12.5. The van der Waals surface area contributed by atoms with Crippen molar-refractivity contribution in [2.45, 2.75) is 30.3 Å². The van der Waals surface area contributed by atoms with Gasteiger partial charge in [-0.25, -0.2) is 14.9 Å². The van der Waals surface area contributed by atoms with Crippen LogP contribution in [0.5, 0.6) is 0 Å². The molecule has 0 aliphatic heterocycles. The third-order valence-corrected chi connectivity index (χ3v) is 6.19. The number of aromatic nitrogens is 7. The molecule has 0 saturated carbocycles. The van der Waals surface area contributed by atoms with Gasteiger partial charge in [0.1, 0.15) is 0 Å². The molecule has 0 unspecified atom stereocenters. The molecule has 2 N–H and O–H groups in total. The normalized spacial score (nSPS) is 11.2. The number of rotatable bonds is 8. The summed E-state index contributed by atoms with van der Waals surface area (Å²) >= 11 is 7.32. The van der Waals surface area contributed by atoms with Crippen LogP contribution in [-0.2, 0) is 31.2 Å². The number of carbonyl (C=O) groups excluding carboxylic acids is 1. The molecule has 33 heavy (non-hydrogen) atoms. The van der Waals surface area contributed by atoms with Crippen LogP contribution in [0, 0.1) is 0 Å². The second-order valence-corrected chi connectivity index (χ2v) is 8.73. The van der Waals surface area contributed by atoms with E-state index in [0.29, 0.717) is 40.1 Å². The molecule has 3 aromatic heterocycles. The van der Waals surface area contributed by atoms with Crippen molar-refractivity contribution in [3.8, 4) is 0 Å². The highest BCUT2D eigenvalue weighted by Gasteiger charge is 2.14. The molecule has 0 fully saturated rings. The van der Waals surface area contributed by atoms with Crippen molar-refractivity contribution in [3.05, 3.63) is 62.0 Å². The van der Waals surface area contributed by atoms with Crippen LogP contribution in [0.25, 0.3) is 11.2 Å². The maximum Gasteiger partial charge on any atom is 0.332 e. The Bertz CT molecular complexity index is 1420. The highest BCUT2D eigenvalue weighted by molar-refractivity contribution is 7.98. The lowest BCUT2D eigenvalue weighted by Crippen LogP contribution is -2.37. The SMILES string of the molecule is Cn1c(=O)c2c(ncn2CCCC(=O)Nc2nc(SCc3ccc(Cl)cc3)n[nH]2)n(C)c1=O. The molecule has 4 aromatic rings. The van der Waals surface area contributed by atoms with Crippen LogP contribution in [0.3, 0.4) is 0 Å². The van der Waals surface area contributed by atoms with Gasteiger partial charge in [0.25, 0.3) is 5.56 Å². The quantitative estimate of drug-likeness (QED) is 0.362. The van der Waals surface area contributed by atoms with E-state index < -0.39 is 11.2 Å². The lowest BCUT2D eigenvalue weighted by Gasteiger charge is -2.06. The van der Waals surface area contributed by atoms with E-state index in [-0.39, 0.29) is 18.3 Å². The van der Waals surface area contributed by atoms with E-state index >= 15 is 0 Å². The highest BCUT2D eigenvalue weighted by atomic mass is 35.5. The molecule has 0 saturated heterocycles. The fraction of sp³-hybridized carbons (Fsp3) is 0.300. The van der Waals surface area contributed by atoms with Crippen LogP contribution in [0.2, 0.25) is 5.02 Å². The number of benzene rings is 1. The van der Waals surface area contributed by atoms with Crippen LogP contribution in [0.15, 0.2) is 45.3 Å². The smallest absolute Gasteiger partial charge is 0.325 e. The number of aryl methyl sites for hydroxylation is 2. The van der Waals surface area contributed by atoms with Gasteiger partial charge >= 0.3 is 5.69 Å². The molecule has 172 valence electrons. The van der Waals surface area contributed by atoms with Crippen molar-refractivity contribution in [1.82, 2.24) is 33.9 Å². The number of hydrogen-bond acceptors (Lipinski definition) is 7. The van der Waals surface area contributed by atoms with Crippen molar-refractivity contribution in [1.29, 1.82) is 0 Å². The Hall–Kier alpha value is -3.38. The number of halogens is 1. The van der Waals surface area contributed by atoms with E-state index in [4.69, 9.17) is 11.6 Å². The molecular formula is C20H21ClN8O3S. The average molecular weight is 489 g/mol. The van der Waals surface area contributed by atoms with Crippen LogP contribution < -0.4 is 16.6 Å². The fourth-order valence-electron chi connectivity index (χ4n) is 3.27. The van der Waals surface area contributed by atoms with Gasteiger partial charge in [0, 0.05) is 37.8 Å². The number of thioether (sulfide) groups is 1. The van der Waals surface area contributed by atoms with E-state index in [1.807, 2.05) is 24.3 Å². The molecule has 0 spiro atoms. The first kappa shape index (κ1) is 22.8. The zero-order valence-electron chi connectivity index (χ0n) is 17.9. The predicted octanol–water partition coefficient (Wildman–Crippen LogP) is 1.92. The molecule has 11 nitrogen and oxygen atoms in total. The monoisotopic (exact) mass is 488 g/mol. The summed E-state index contributed by atoms with van der Waals surface area (Å²) in [5.41, 5.74) is 0.882. The van der Waals surface area contributed by atoms with Crippen LogP contribution in [-0.4, -0.2) is 39.8 Å². The highest BCUT2D eigenvalue weighted by Crippen LogP contribution is 2.21. The number of hydrogen-bond donors (Lipinski definition) is 2. The molecule has 3 heterocycles. The summed E-state index contributed by atoms with van der Waals surface area (Å²) in [6, 6.07) is 7.52. The van der Waals surface area contributed by atoms with E-state index in [1.54, 1.807) is 11.6 Å². The van der Waals surface area contributed by atoms with E-state index in [2.05, 4.69) is 25.5 Å². The first-order chi connectivity index (χ1) is 15.8. The van der Waals surface area contributed by atoms with Gasteiger partial charge in [-0.2, -0.15) is 4.98 Å². The van der Waals surface area contributed by atoms with Crippen LogP contribution in [0.1, 0.15) is 18.4 Å². The Balaban J connectivity index is 1.30. The Labute approximate surface area is 196 Å². The number of carbonyl (C=O) groups is 1. The minimum atomic E-state index is -0.435. The number of nitrogens with one attached hydrogen (secondary N) is 2. The van der Waals surface area contributed by atoms with Gasteiger partial charge in [-0.1, -0.05) is 35.5 Å². The number of anilines is 1. The molecule has 0 atom stereocenters. The van der Waals surface area contributed by atoms with Gasteiger partial charge in [-0.15, -0.1) is 5.10 Å². The Morgan fingerprint density at radius 1 is 1.18 bits per heavy atom. The zero-order valence-corrected chi connectivity index (χ0v) is 19.5. The molecule has 0 radical (unpaired) electrons. The summed E-state index contributed by atoms with van der Waals surface area (Å²) in [5.74, 6) is 0.715. The summed E-state index contributed by atoms with van der Waals surface area (Å²) in [4.78, 5) is 45.2. The summed E-state index contributed by atoms with van der Waals surface area (Å²) in [6.45, 7) is 0.399. The standard InChI is InChI=1S/C20H21ClN8O3S/c1-27-16-15(17(31)28(2)20(27)32)29(11-22-16)9-3-4-14(30)23-18-24-19(26-25-18)33-10-12-5-7-13(21)8-6-12/h5-8,11H,3-4,9-10H2,1-2H3,(H2,23,24,25,26,30). The third kappa shape index (κ3) is 5.01. The van der Waals surface area contributed by atoms with E-state index in [9.17, 15) is 14.4 Å². The Morgan fingerprint density at radius 3 is 2.70 bits per heavy atom. The first-order valence-corrected chi connectivity index (χ1v) is 11.4. The van der Waals surface area contributed by atoms with Crippen molar-refractivity contribution in [2.24, 2.45) is 14.1 Å². The largest absolute Gasteiger partial charge is 0.332 e. The van der Waals surface area contributed by atoms with E-state index in [0.717, 1.165) is 10.1 Å². The van der Waals surface area contributed by atoms with E-state index in [1.165, 1.54) is 29.7 Å². The lowest BCUT2D eigenvalue weighted by atomic mass is 10.2. The maximum atomic E-state index is 12.5. The summed E-state index contributed by atoms with van der Waals surface area (Å²) in [7, 11) is 2.99. The number of nitrogens with zero attached hydrogens (tertiary/aromatic N) is 6. The zero-order chi connectivity index (χ0) is 23.5. The number of amides is 1. The second kappa shape index (κ2) is 9.63.